The molecule has 0 spiro atoms. The zero-order chi connectivity index (χ0) is 25.8. The van der Waals surface area contributed by atoms with Crippen molar-refractivity contribution in [3.05, 3.63) is 86.2 Å². The molecule has 0 aliphatic heterocycles. The van der Waals surface area contributed by atoms with Crippen LogP contribution < -0.4 is 11.0 Å². The Labute approximate surface area is 207 Å². The molecule has 0 radical (unpaired) electrons. The average molecular weight is 484 g/mol. The maximum absolute atomic E-state index is 13.2. The fourth-order valence-electron chi connectivity index (χ4n) is 4.22. The average Bonchev–Trinajstić information content (AvgIpc) is 2.89. The van der Waals surface area contributed by atoms with Gasteiger partial charge in [0.1, 0.15) is 11.6 Å². The molecule has 0 unspecified atom stereocenters. The van der Waals surface area contributed by atoms with E-state index in [9.17, 15) is 24.8 Å². The highest BCUT2D eigenvalue weighted by molar-refractivity contribution is 6.29. The van der Waals surface area contributed by atoms with E-state index in [0.29, 0.717) is 12.1 Å². The number of azo groups is 1. The Morgan fingerprint density at radius 2 is 1.64 bits per heavy atom. The van der Waals surface area contributed by atoms with Crippen molar-refractivity contribution in [1.29, 1.82) is 5.26 Å². The minimum Gasteiger partial charge on any atom is -0.492 e. The molecular weight excluding hydrogens is 458 g/mol. The zero-order valence-corrected chi connectivity index (χ0v) is 20.0. The molecular formula is C27H25N5O4. The molecule has 36 heavy (non-hydrogen) atoms. The minimum absolute atomic E-state index is 0.108. The van der Waals surface area contributed by atoms with Crippen LogP contribution in [0.2, 0.25) is 0 Å². The lowest BCUT2D eigenvalue weighted by Gasteiger charge is -2.18. The molecule has 0 fully saturated rings. The number of unbranched alkanes of at least 4 members (excludes halogenated alkanes) is 3. The molecule has 2 aromatic carbocycles. The highest BCUT2D eigenvalue weighted by atomic mass is 16.3. The van der Waals surface area contributed by atoms with Crippen LogP contribution in [0.5, 0.6) is 5.88 Å². The molecule has 0 bridgehead atoms. The van der Waals surface area contributed by atoms with Crippen LogP contribution in [0.1, 0.15) is 75.6 Å². The van der Waals surface area contributed by atoms with Crippen LogP contribution >= 0.6 is 0 Å². The normalized spacial score (nSPS) is 12.4. The van der Waals surface area contributed by atoms with Gasteiger partial charge in [-0.25, -0.2) is 0 Å². The Hall–Kier alpha value is -4.58. The van der Waals surface area contributed by atoms with E-state index in [1.807, 2.05) is 6.07 Å². The number of nitriles is 1. The van der Waals surface area contributed by atoms with E-state index < -0.39 is 11.4 Å². The second-order valence-corrected chi connectivity index (χ2v) is 8.50. The molecule has 9 heteroatoms. The van der Waals surface area contributed by atoms with Crippen LogP contribution in [0.25, 0.3) is 0 Å². The lowest BCUT2D eigenvalue weighted by molar-refractivity contribution is 0.0979. The van der Waals surface area contributed by atoms with Crippen molar-refractivity contribution < 1.29 is 14.7 Å². The van der Waals surface area contributed by atoms with Gasteiger partial charge in [0, 0.05) is 28.8 Å². The number of ketones is 2. The third kappa shape index (κ3) is 4.29. The maximum atomic E-state index is 13.2. The summed E-state index contributed by atoms with van der Waals surface area (Å²) in [6.45, 7) is 4.00. The number of aromatic hydroxyl groups is 1. The molecule has 1 aliphatic carbocycles. The van der Waals surface area contributed by atoms with Crippen LogP contribution in [0, 0.1) is 18.3 Å². The topological polar surface area (TPSA) is 137 Å². The molecule has 1 aromatic heterocycles. The van der Waals surface area contributed by atoms with Crippen molar-refractivity contribution in [3.63, 3.8) is 0 Å². The molecule has 0 atom stereocenters. The summed E-state index contributed by atoms with van der Waals surface area (Å²) in [6, 6.07) is 13.1. The first kappa shape index (κ1) is 24.5. The van der Waals surface area contributed by atoms with E-state index in [1.54, 1.807) is 36.4 Å². The number of rotatable bonds is 8. The summed E-state index contributed by atoms with van der Waals surface area (Å²) in [4.78, 5) is 39.3. The number of benzene rings is 2. The number of hydrogen-bond donors (Lipinski definition) is 2. The first-order valence-electron chi connectivity index (χ1n) is 11.8. The van der Waals surface area contributed by atoms with Gasteiger partial charge in [0.25, 0.3) is 5.56 Å². The summed E-state index contributed by atoms with van der Waals surface area (Å²) in [5.74, 6) is -1.15. The molecule has 0 amide bonds. The monoisotopic (exact) mass is 483 g/mol. The zero-order valence-electron chi connectivity index (χ0n) is 20.0. The first-order valence-corrected chi connectivity index (χ1v) is 11.8. The van der Waals surface area contributed by atoms with Gasteiger partial charge in [-0.2, -0.15) is 9.94 Å². The van der Waals surface area contributed by atoms with Crippen LogP contribution in [0.4, 0.5) is 11.4 Å². The van der Waals surface area contributed by atoms with Gasteiger partial charge in [-0.05, 0) is 19.4 Å². The van der Waals surface area contributed by atoms with Gasteiger partial charge in [0.05, 0.1) is 11.3 Å². The summed E-state index contributed by atoms with van der Waals surface area (Å²) < 4.78 is 0.900. The Morgan fingerprint density at radius 1 is 0.944 bits per heavy atom. The quantitative estimate of drug-likeness (QED) is 0.266. The second-order valence-electron chi connectivity index (χ2n) is 8.50. The maximum Gasteiger partial charge on any atom is 0.300 e. The van der Waals surface area contributed by atoms with Crippen LogP contribution in [-0.4, -0.2) is 27.9 Å². The molecule has 182 valence electrons. The number of aromatic nitrogens is 1. The Balaban J connectivity index is 1.75. The van der Waals surface area contributed by atoms with Crippen molar-refractivity contribution in [2.24, 2.45) is 10.2 Å². The van der Waals surface area contributed by atoms with Crippen molar-refractivity contribution >= 4 is 22.9 Å². The molecule has 0 saturated heterocycles. The van der Waals surface area contributed by atoms with E-state index in [1.165, 1.54) is 13.0 Å². The van der Waals surface area contributed by atoms with E-state index in [4.69, 9.17) is 0 Å². The molecule has 1 aliphatic rings. The molecule has 3 aromatic rings. The lowest BCUT2D eigenvalue weighted by Crippen LogP contribution is -2.30. The third-order valence-electron chi connectivity index (χ3n) is 6.17. The number of carbonyl (C=O) groups is 2. The molecule has 4 rings (SSSR count). The fourth-order valence-corrected chi connectivity index (χ4v) is 4.22. The van der Waals surface area contributed by atoms with E-state index in [-0.39, 0.29) is 50.8 Å². The van der Waals surface area contributed by atoms with Crippen molar-refractivity contribution in [2.75, 3.05) is 12.0 Å². The SMILES string of the molecule is CCCCCCNn1c(O)c(C#N)c(C)c(N=Nc2cccc3c2C(=O)c2ccccc2C3=O)c1=O. The van der Waals surface area contributed by atoms with Gasteiger partial charge < -0.3 is 10.5 Å². The number of nitrogens with zero attached hydrogens (tertiary/aromatic N) is 4. The number of hydrogen-bond acceptors (Lipinski definition) is 8. The minimum atomic E-state index is -0.680. The van der Waals surface area contributed by atoms with Gasteiger partial charge in [-0.1, -0.05) is 62.6 Å². The van der Waals surface area contributed by atoms with E-state index in [2.05, 4.69) is 22.6 Å². The van der Waals surface area contributed by atoms with E-state index in [0.717, 1.165) is 30.4 Å². The number of carbonyl (C=O) groups excluding carboxylic acids is 2. The molecule has 1 heterocycles. The van der Waals surface area contributed by atoms with Crippen LogP contribution in [0.15, 0.2) is 57.5 Å². The van der Waals surface area contributed by atoms with E-state index >= 15 is 0 Å². The van der Waals surface area contributed by atoms with Gasteiger partial charge in [0.2, 0.25) is 5.88 Å². The molecule has 0 saturated carbocycles. The summed E-state index contributed by atoms with van der Waals surface area (Å²) in [7, 11) is 0. The fraction of sp³-hybridized carbons (Fsp3) is 0.259. The summed E-state index contributed by atoms with van der Waals surface area (Å²) in [5, 5.41) is 28.3. The second kappa shape index (κ2) is 10.4. The summed E-state index contributed by atoms with van der Waals surface area (Å²) >= 11 is 0. The highest BCUT2D eigenvalue weighted by Gasteiger charge is 2.31. The van der Waals surface area contributed by atoms with Crippen molar-refractivity contribution in [2.45, 2.75) is 39.5 Å². The summed E-state index contributed by atoms with van der Waals surface area (Å²) in [5.41, 5.74) is 3.12. The number of fused-ring (bicyclic) bond motifs is 2. The Morgan fingerprint density at radius 3 is 2.33 bits per heavy atom. The first-order chi connectivity index (χ1) is 17.4. The Kier molecular flexibility index (Phi) is 7.06. The van der Waals surface area contributed by atoms with Gasteiger partial charge in [0.15, 0.2) is 17.3 Å². The van der Waals surface area contributed by atoms with Crippen molar-refractivity contribution in [1.82, 2.24) is 4.68 Å². The smallest absolute Gasteiger partial charge is 0.300 e. The number of pyridine rings is 1. The van der Waals surface area contributed by atoms with Crippen LogP contribution in [0.3, 0.4) is 0 Å². The van der Waals surface area contributed by atoms with Gasteiger partial charge in [-0.15, -0.1) is 10.2 Å². The Bertz CT molecular complexity index is 1500. The van der Waals surface area contributed by atoms with Gasteiger partial charge >= 0.3 is 0 Å². The largest absolute Gasteiger partial charge is 0.492 e. The highest BCUT2D eigenvalue weighted by Crippen LogP contribution is 2.34. The predicted octanol–water partition coefficient (Wildman–Crippen LogP) is 5.05. The van der Waals surface area contributed by atoms with Crippen molar-refractivity contribution in [3.8, 4) is 11.9 Å². The number of nitrogens with one attached hydrogen (secondary N) is 1. The summed E-state index contributed by atoms with van der Waals surface area (Å²) in [6.07, 6.45) is 3.84. The third-order valence-corrected chi connectivity index (χ3v) is 6.17. The lowest BCUT2D eigenvalue weighted by atomic mass is 9.83. The molecule has 2 N–H and O–H groups in total. The van der Waals surface area contributed by atoms with Crippen LogP contribution in [-0.2, 0) is 0 Å². The predicted molar refractivity (Wildman–Crippen MR) is 134 cm³/mol. The molecule has 9 nitrogen and oxygen atoms in total. The standard InChI is InChI=1S/C27H25N5O4/c1-3-4-5-8-14-29-32-26(35)20(15-28)16(2)23(27(32)36)31-30-21-13-9-12-19-22(21)25(34)18-11-7-6-10-17(18)24(19)33/h6-7,9-13,29,35H,3-5,8,14H2,1-2H3. The van der Waals surface area contributed by atoms with Gasteiger partial charge in [-0.3, -0.25) is 14.4 Å².